The van der Waals surface area contributed by atoms with E-state index in [0.717, 1.165) is 0 Å². The molecule has 3 nitrogen and oxygen atoms in total. The predicted molar refractivity (Wildman–Crippen MR) is 74.8 cm³/mol. The molecule has 0 aliphatic heterocycles. The fourth-order valence-corrected chi connectivity index (χ4v) is 1.85. The minimum atomic E-state index is -2.06. The maximum atomic E-state index is 14.6. The van der Waals surface area contributed by atoms with Crippen molar-refractivity contribution in [2.45, 2.75) is 18.8 Å². The SMILES string of the molecule is C[C@](F)(c1ccccc1)[C@@H](O)NC(=O)c1ccccc1. The number of hydrogen-bond donors (Lipinski definition) is 2. The van der Waals surface area contributed by atoms with Crippen LogP contribution in [0.15, 0.2) is 60.7 Å². The molecule has 0 fully saturated rings. The molecule has 2 rings (SSSR count). The molecule has 2 aromatic rings. The van der Waals surface area contributed by atoms with E-state index in [9.17, 15) is 14.3 Å². The quantitative estimate of drug-likeness (QED) is 0.841. The van der Waals surface area contributed by atoms with Gasteiger partial charge < -0.3 is 10.4 Å². The van der Waals surface area contributed by atoms with Gasteiger partial charge in [0.05, 0.1) is 0 Å². The summed E-state index contributed by atoms with van der Waals surface area (Å²) >= 11 is 0. The van der Waals surface area contributed by atoms with Crippen molar-refractivity contribution >= 4 is 5.91 Å². The Kier molecular flexibility index (Phi) is 4.15. The van der Waals surface area contributed by atoms with Crippen molar-refractivity contribution in [2.24, 2.45) is 0 Å². The van der Waals surface area contributed by atoms with Crippen LogP contribution in [0.1, 0.15) is 22.8 Å². The molecule has 0 aliphatic carbocycles. The number of benzene rings is 2. The Balaban J connectivity index is 2.12. The highest BCUT2D eigenvalue weighted by atomic mass is 19.1. The molecule has 2 atom stereocenters. The molecular formula is C16H16FNO2. The largest absolute Gasteiger partial charge is 0.370 e. The summed E-state index contributed by atoms with van der Waals surface area (Å²) in [7, 11) is 0. The number of carbonyl (C=O) groups excluding carboxylic acids is 1. The van der Waals surface area contributed by atoms with Gasteiger partial charge in [0.25, 0.3) is 5.91 Å². The summed E-state index contributed by atoms with van der Waals surface area (Å²) in [5, 5.41) is 12.2. The highest BCUT2D eigenvalue weighted by Gasteiger charge is 2.36. The lowest BCUT2D eigenvalue weighted by atomic mass is 9.96. The highest BCUT2D eigenvalue weighted by Crippen LogP contribution is 2.28. The molecule has 0 radical (unpaired) electrons. The zero-order valence-electron chi connectivity index (χ0n) is 11.1. The van der Waals surface area contributed by atoms with Gasteiger partial charge in [-0.05, 0) is 24.6 Å². The Bertz CT molecular complexity index is 570. The Morgan fingerprint density at radius 1 is 1.10 bits per heavy atom. The average molecular weight is 273 g/mol. The van der Waals surface area contributed by atoms with E-state index in [1.165, 1.54) is 6.92 Å². The Morgan fingerprint density at radius 3 is 2.15 bits per heavy atom. The van der Waals surface area contributed by atoms with Crippen molar-refractivity contribution in [2.75, 3.05) is 0 Å². The lowest BCUT2D eigenvalue weighted by Crippen LogP contribution is -2.46. The van der Waals surface area contributed by atoms with Crippen LogP contribution in [0.3, 0.4) is 0 Å². The molecule has 0 bridgehead atoms. The van der Waals surface area contributed by atoms with Crippen molar-refractivity contribution in [3.05, 3.63) is 71.8 Å². The van der Waals surface area contributed by atoms with E-state index in [2.05, 4.69) is 5.32 Å². The van der Waals surface area contributed by atoms with Gasteiger partial charge in [0.15, 0.2) is 11.9 Å². The van der Waals surface area contributed by atoms with Gasteiger partial charge in [0.2, 0.25) is 0 Å². The van der Waals surface area contributed by atoms with E-state index in [0.29, 0.717) is 11.1 Å². The maximum Gasteiger partial charge on any atom is 0.253 e. The van der Waals surface area contributed by atoms with Gasteiger partial charge in [-0.3, -0.25) is 4.79 Å². The third kappa shape index (κ3) is 3.03. The molecule has 4 heteroatoms. The molecule has 20 heavy (non-hydrogen) atoms. The van der Waals surface area contributed by atoms with E-state index in [4.69, 9.17) is 0 Å². The summed E-state index contributed by atoms with van der Waals surface area (Å²) in [6, 6.07) is 16.6. The fraction of sp³-hybridized carbons (Fsp3) is 0.188. The third-order valence-corrected chi connectivity index (χ3v) is 3.16. The smallest absolute Gasteiger partial charge is 0.253 e. The van der Waals surface area contributed by atoms with Crippen LogP contribution in [0.2, 0.25) is 0 Å². The number of aliphatic hydroxyl groups is 1. The lowest BCUT2D eigenvalue weighted by Gasteiger charge is -2.27. The van der Waals surface area contributed by atoms with Crippen LogP contribution < -0.4 is 5.32 Å². The van der Waals surface area contributed by atoms with Gasteiger partial charge in [-0.2, -0.15) is 0 Å². The molecule has 2 aromatic carbocycles. The number of carbonyl (C=O) groups is 1. The molecular weight excluding hydrogens is 257 g/mol. The van der Waals surface area contributed by atoms with Crippen LogP contribution in [0.25, 0.3) is 0 Å². The first kappa shape index (κ1) is 14.2. The third-order valence-electron chi connectivity index (χ3n) is 3.16. The van der Waals surface area contributed by atoms with Gasteiger partial charge in [-0.25, -0.2) is 4.39 Å². The molecule has 0 spiro atoms. The van der Waals surface area contributed by atoms with Crippen LogP contribution in [-0.2, 0) is 5.67 Å². The summed E-state index contributed by atoms with van der Waals surface area (Å²) < 4.78 is 14.6. The monoisotopic (exact) mass is 273 g/mol. The van der Waals surface area contributed by atoms with E-state index in [1.807, 2.05) is 0 Å². The van der Waals surface area contributed by atoms with Crippen molar-refractivity contribution < 1.29 is 14.3 Å². The number of aliphatic hydroxyl groups excluding tert-OH is 1. The Hall–Kier alpha value is -2.20. The fourth-order valence-electron chi connectivity index (χ4n) is 1.85. The summed E-state index contributed by atoms with van der Waals surface area (Å²) in [5.41, 5.74) is -1.39. The first-order valence-electron chi connectivity index (χ1n) is 6.30. The normalized spacial score (nSPS) is 15.2. The molecule has 0 aromatic heterocycles. The van der Waals surface area contributed by atoms with E-state index in [-0.39, 0.29) is 0 Å². The van der Waals surface area contributed by atoms with Crippen LogP contribution in [0.4, 0.5) is 4.39 Å². The summed E-state index contributed by atoms with van der Waals surface area (Å²) in [6.07, 6.45) is -1.63. The van der Waals surface area contributed by atoms with Crippen molar-refractivity contribution in [3.63, 3.8) is 0 Å². The van der Waals surface area contributed by atoms with E-state index < -0.39 is 17.8 Å². The molecule has 104 valence electrons. The summed E-state index contributed by atoms with van der Waals surface area (Å²) in [5.74, 6) is -0.516. The highest BCUT2D eigenvalue weighted by molar-refractivity contribution is 5.94. The molecule has 2 N–H and O–H groups in total. The Morgan fingerprint density at radius 2 is 1.60 bits per heavy atom. The topological polar surface area (TPSA) is 49.3 Å². The number of hydrogen-bond acceptors (Lipinski definition) is 2. The van der Waals surface area contributed by atoms with Crippen LogP contribution in [-0.4, -0.2) is 17.2 Å². The standard InChI is InChI=1S/C16H16FNO2/c1-16(17,13-10-6-3-7-11-13)15(20)18-14(19)12-8-4-2-5-9-12/h2-11,15,20H,1H3,(H,18,19)/t15-,16+/m1/s1. The second kappa shape index (κ2) is 5.84. The number of halogens is 1. The zero-order chi connectivity index (χ0) is 14.6. The number of amides is 1. The minimum Gasteiger partial charge on any atom is -0.370 e. The van der Waals surface area contributed by atoms with Gasteiger partial charge in [-0.15, -0.1) is 0 Å². The van der Waals surface area contributed by atoms with Crippen molar-refractivity contribution in [3.8, 4) is 0 Å². The van der Waals surface area contributed by atoms with E-state index >= 15 is 0 Å². The summed E-state index contributed by atoms with van der Waals surface area (Å²) in [6.45, 7) is 1.23. The molecule has 1 amide bonds. The molecule has 0 aliphatic rings. The van der Waals surface area contributed by atoms with Crippen LogP contribution in [0, 0.1) is 0 Å². The first-order valence-corrected chi connectivity index (χ1v) is 6.30. The second-order valence-corrected chi connectivity index (χ2v) is 4.68. The van der Waals surface area contributed by atoms with Crippen molar-refractivity contribution in [1.82, 2.24) is 5.32 Å². The lowest BCUT2D eigenvalue weighted by molar-refractivity contribution is -0.0181. The first-order chi connectivity index (χ1) is 9.51. The van der Waals surface area contributed by atoms with Gasteiger partial charge in [0.1, 0.15) is 0 Å². The maximum absolute atomic E-state index is 14.6. The molecule has 0 saturated heterocycles. The molecule has 0 saturated carbocycles. The average Bonchev–Trinajstić information content (AvgIpc) is 2.49. The number of rotatable bonds is 4. The van der Waals surface area contributed by atoms with Crippen LogP contribution >= 0.6 is 0 Å². The zero-order valence-corrected chi connectivity index (χ0v) is 11.1. The second-order valence-electron chi connectivity index (χ2n) is 4.68. The van der Waals surface area contributed by atoms with Gasteiger partial charge in [0, 0.05) is 5.56 Å². The van der Waals surface area contributed by atoms with Gasteiger partial charge >= 0.3 is 0 Å². The Labute approximate surface area is 117 Å². The van der Waals surface area contributed by atoms with Crippen molar-refractivity contribution in [1.29, 1.82) is 0 Å². The molecule has 0 unspecified atom stereocenters. The molecule has 0 heterocycles. The van der Waals surface area contributed by atoms with Crippen LogP contribution in [0.5, 0.6) is 0 Å². The van der Waals surface area contributed by atoms with Gasteiger partial charge in [-0.1, -0.05) is 48.5 Å². The summed E-state index contributed by atoms with van der Waals surface area (Å²) in [4.78, 5) is 11.9. The number of alkyl halides is 1. The number of nitrogens with one attached hydrogen (secondary N) is 1. The predicted octanol–water partition coefficient (Wildman–Crippen LogP) is 2.62. The van der Waals surface area contributed by atoms with E-state index in [1.54, 1.807) is 60.7 Å². The minimum absolute atomic E-state index is 0.306.